The van der Waals surface area contributed by atoms with Gasteiger partial charge in [0.2, 0.25) is 5.89 Å². The Bertz CT molecular complexity index is 1100. The van der Waals surface area contributed by atoms with Crippen LogP contribution in [0.15, 0.2) is 45.9 Å². The smallest absolute Gasteiger partial charge is 0.281 e. The third-order valence-electron chi connectivity index (χ3n) is 3.57. The second-order valence-corrected chi connectivity index (χ2v) is 5.62. The van der Waals surface area contributed by atoms with Crippen molar-refractivity contribution in [1.29, 1.82) is 0 Å². The molecule has 0 amide bonds. The highest BCUT2D eigenvalue weighted by Gasteiger charge is 2.13. The maximum absolute atomic E-state index is 12.4. The van der Waals surface area contributed by atoms with Crippen LogP contribution in [0.5, 0.6) is 0 Å². The molecule has 0 unspecified atom stereocenters. The fraction of sp³-hybridized carbons (Fsp3) is 0.133. The highest BCUT2D eigenvalue weighted by atomic mass is 35.5. The molecule has 0 N–H and O–H groups in total. The first kappa shape index (κ1) is 14.6. The summed E-state index contributed by atoms with van der Waals surface area (Å²) in [4.78, 5) is 16.6. The van der Waals surface area contributed by atoms with Crippen molar-refractivity contribution < 1.29 is 4.42 Å². The number of hydrogen-bond acceptors (Lipinski definition) is 6. The molecule has 0 saturated carbocycles. The van der Waals surface area contributed by atoms with Gasteiger partial charge >= 0.3 is 0 Å². The monoisotopic (exact) mass is 342 g/mol. The molecule has 3 aromatic heterocycles. The van der Waals surface area contributed by atoms with Crippen molar-refractivity contribution >= 4 is 22.6 Å². The molecule has 9 heteroatoms. The Morgan fingerprint density at radius 1 is 1.29 bits per heavy atom. The summed E-state index contributed by atoms with van der Waals surface area (Å²) < 4.78 is 8.37. The van der Waals surface area contributed by atoms with Gasteiger partial charge in [0.05, 0.1) is 12.4 Å². The van der Waals surface area contributed by atoms with Crippen molar-refractivity contribution in [3.8, 4) is 11.3 Å². The van der Waals surface area contributed by atoms with Crippen LogP contribution in [0, 0.1) is 0 Å². The summed E-state index contributed by atoms with van der Waals surface area (Å²) in [5, 5.41) is 12.9. The number of fused-ring (bicyclic) bond motifs is 1. The number of rotatable bonds is 3. The summed E-state index contributed by atoms with van der Waals surface area (Å²) >= 11 is 5.98. The minimum Gasteiger partial charge on any atom is -0.439 e. The van der Waals surface area contributed by atoms with Gasteiger partial charge in [-0.3, -0.25) is 4.79 Å². The number of aromatic nitrogens is 6. The number of nitrogens with zero attached hydrogens (tertiary/aromatic N) is 6. The van der Waals surface area contributed by atoms with Gasteiger partial charge in [0.15, 0.2) is 11.4 Å². The number of halogens is 1. The second kappa shape index (κ2) is 5.57. The van der Waals surface area contributed by atoms with Gasteiger partial charge in [-0.25, -0.2) is 14.3 Å². The Balaban J connectivity index is 1.67. The molecule has 0 aliphatic heterocycles. The van der Waals surface area contributed by atoms with Crippen LogP contribution in [0.2, 0.25) is 5.02 Å². The van der Waals surface area contributed by atoms with E-state index in [-0.39, 0.29) is 12.1 Å². The maximum atomic E-state index is 12.4. The number of aryl methyl sites for hydroxylation is 1. The number of oxazole rings is 1. The van der Waals surface area contributed by atoms with Crippen LogP contribution in [0.3, 0.4) is 0 Å². The van der Waals surface area contributed by atoms with Crippen molar-refractivity contribution in [3.63, 3.8) is 0 Å². The van der Waals surface area contributed by atoms with Crippen LogP contribution in [0.25, 0.3) is 22.4 Å². The lowest BCUT2D eigenvalue weighted by Gasteiger charge is -2.00. The Kier molecular flexibility index (Phi) is 3.39. The SMILES string of the molecule is Cn1ncc2c(=O)n(Cc3ncc(-c4cccc(Cl)c4)o3)nnc21. The van der Waals surface area contributed by atoms with E-state index in [1.165, 1.54) is 15.6 Å². The standard InChI is InChI=1S/C15H11ClN6O2/c1-21-14-11(6-18-21)15(23)22(20-19-14)8-13-17-7-12(24-13)9-3-2-4-10(16)5-9/h2-7H,8H2,1H3. The van der Waals surface area contributed by atoms with Gasteiger partial charge < -0.3 is 4.42 Å². The lowest BCUT2D eigenvalue weighted by molar-refractivity contribution is 0.457. The molecule has 0 aliphatic carbocycles. The lowest BCUT2D eigenvalue weighted by Crippen LogP contribution is -2.24. The normalized spacial score (nSPS) is 11.2. The van der Waals surface area contributed by atoms with Crippen molar-refractivity contribution in [2.24, 2.45) is 7.05 Å². The molecule has 0 spiro atoms. The summed E-state index contributed by atoms with van der Waals surface area (Å²) in [6.07, 6.45) is 3.05. The van der Waals surface area contributed by atoms with E-state index < -0.39 is 0 Å². The number of hydrogen-bond donors (Lipinski definition) is 0. The molecule has 4 aromatic rings. The molecular formula is C15H11ClN6O2. The summed E-state index contributed by atoms with van der Waals surface area (Å²) in [5.41, 5.74) is 0.946. The summed E-state index contributed by atoms with van der Waals surface area (Å²) in [5.74, 6) is 0.917. The molecule has 0 atom stereocenters. The molecule has 0 radical (unpaired) electrons. The van der Waals surface area contributed by atoms with Gasteiger partial charge in [0.1, 0.15) is 11.9 Å². The topological polar surface area (TPSA) is 91.6 Å². The van der Waals surface area contributed by atoms with Crippen LogP contribution < -0.4 is 5.56 Å². The van der Waals surface area contributed by atoms with Gasteiger partial charge in [-0.05, 0) is 12.1 Å². The van der Waals surface area contributed by atoms with Crippen molar-refractivity contribution in [3.05, 3.63) is 57.9 Å². The molecule has 0 bridgehead atoms. The zero-order valence-electron chi connectivity index (χ0n) is 12.5. The van der Waals surface area contributed by atoms with Gasteiger partial charge in [0, 0.05) is 17.6 Å². The van der Waals surface area contributed by atoms with E-state index in [0.29, 0.717) is 27.7 Å². The summed E-state index contributed by atoms with van der Waals surface area (Å²) in [6.45, 7) is 0.0806. The minimum absolute atomic E-state index is 0.0806. The largest absolute Gasteiger partial charge is 0.439 e. The third kappa shape index (κ3) is 2.46. The van der Waals surface area contributed by atoms with Crippen LogP contribution in [0.1, 0.15) is 5.89 Å². The first-order valence-electron chi connectivity index (χ1n) is 7.08. The first-order chi connectivity index (χ1) is 11.6. The quantitative estimate of drug-likeness (QED) is 0.564. The summed E-state index contributed by atoms with van der Waals surface area (Å²) in [7, 11) is 1.70. The van der Waals surface area contributed by atoms with E-state index in [1.54, 1.807) is 25.4 Å². The summed E-state index contributed by atoms with van der Waals surface area (Å²) in [6, 6.07) is 7.25. The van der Waals surface area contributed by atoms with Crippen LogP contribution >= 0.6 is 11.6 Å². The predicted octanol–water partition coefficient (Wildman–Crippen LogP) is 1.88. The van der Waals surface area contributed by atoms with Crippen molar-refractivity contribution in [2.75, 3.05) is 0 Å². The Hall–Kier alpha value is -3.00. The molecule has 1 aromatic carbocycles. The van der Waals surface area contributed by atoms with E-state index >= 15 is 0 Å². The van der Waals surface area contributed by atoms with E-state index in [0.717, 1.165) is 5.56 Å². The van der Waals surface area contributed by atoms with E-state index in [9.17, 15) is 4.79 Å². The third-order valence-corrected chi connectivity index (χ3v) is 3.80. The molecule has 3 heterocycles. The molecule has 24 heavy (non-hydrogen) atoms. The zero-order chi connectivity index (χ0) is 16.7. The van der Waals surface area contributed by atoms with Crippen molar-refractivity contribution in [2.45, 2.75) is 6.54 Å². The Labute approximate surface area is 140 Å². The van der Waals surface area contributed by atoms with Gasteiger partial charge in [0.25, 0.3) is 5.56 Å². The molecule has 0 fully saturated rings. The maximum Gasteiger partial charge on any atom is 0.281 e. The van der Waals surface area contributed by atoms with Gasteiger partial charge in [-0.2, -0.15) is 5.10 Å². The lowest BCUT2D eigenvalue weighted by atomic mass is 10.2. The number of benzene rings is 1. The fourth-order valence-corrected chi connectivity index (χ4v) is 2.56. The molecule has 4 rings (SSSR count). The highest BCUT2D eigenvalue weighted by Crippen LogP contribution is 2.23. The van der Waals surface area contributed by atoms with Gasteiger partial charge in [-0.15, -0.1) is 5.10 Å². The predicted molar refractivity (Wildman–Crippen MR) is 86.6 cm³/mol. The minimum atomic E-state index is -0.296. The van der Waals surface area contributed by atoms with Crippen molar-refractivity contribution in [1.82, 2.24) is 29.8 Å². The van der Waals surface area contributed by atoms with E-state index in [4.69, 9.17) is 16.0 Å². The molecule has 120 valence electrons. The fourth-order valence-electron chi connectivity index (χ4n) is 2.37. The molecule has 8 nitrogen and oxygen atoms in total. The Morgan fingerprint density at radius 3 is 3.00 bits per heavy atom. The average molecular weight is 343 g/mol. The van der Waals surface area contributed by atoms with Crippen LogP contribution in [-0.4, -0.2) is 29.8 Å². The van der Waals surface area contributed by atoms with Crippen LogP contribution in [0.4, 0.5) is 0 Å². The van der Waals surface area contributed by atoms with Gasteiger partial charge in [-0.1, -0.05) is 28.9 Å². The molecular weight excluding hydrogens is 332 g/mol. The average Bonchev–Trinajstić information content (AvgIpc) is 3.18. The van der Waals surface area contributed by atoms with E-state index in [2.05, 4.69) is 20.4 Å². The first-order valence-corrected chi connectivity index (χ1v) is 7.46. The zero-order valence-corrected chi connectivity index (χ0v) is 13.3. The second-order valence-electron chi connectivity index (χ2n) is 5.19. The Morgan fingerprint density at radius 2 is 2.17 bits per heavy atom. The van der Waals surface area contributed by atoms with Crippen LogP contribution in [-0.2, 0) is 13.6 Å². The van der Waals surface area contributed by atoms with E-state index in [1.807, 2.05) is 12.1 Å². The highest BCUT2D eigenvalue weighted by molar-refractivity contribution is 6.30. The molecule has 0 aliphatic rings. The molecule has 0 saturated heterocycles.